The van der Waals surface area contributed by atoms with Gasteiger partial charge in [-0.3, -0.25) is 14.4 Å². The van der Waals surface area contributed by atoms with Crippen molar-refractivity contribution in [3.63, 3.8) is 0 Å². The minimum absolute atomic E-state index is 0.181. The van der Waals surface area contributed by atoms with E-state index in [0.717, 1.165) is 23.5 Å². The lowest BCUT2D eigenvalue weighted by Crippen LogP contribution is -2.43. The highest BCUT2D eigenvalue weighted by atomic mass is 32.2. The van der Waals surface area contributed by atoms with Gasteiger partial charge in [0.2, 0.25) is 0 Å². The van der Waals surface area contributed by atoms with Gasteiger partial charge in [-0.25, -0.2) is 4.79 Å². The first-order valence-corrected chi connectivity index (χ1v) is 11.7. The van der Waals surface area contributed by atoms with Crippen LogP contribution < -0.4 is 0 Å². The van der Waals surface area contributed by atoms with E-state index in [9.17, 15) is 19.2 Å². The van der Waals surface area contributed by atoms with Crippen molar-refractivity contribution < 1.29 is 38.1 Å². The maximum atomic E-state index is 13.1. The largest absolute Gasteiger partial charge is 0.465 e. The van der Waals surface area contributed by atoms with Gasteiger partial charge in [0.05, 0.1) is 31.1 Å². The molecule has 10 heteroatoms. The number of carbonyl (C=O) groups excluding carboxylic acids is 4. The van der Waals surface area contributed by atoms with Crippen molar-refractivity contribution in [2.24, 2.45) is 0 Å². The summed E-state index contributed by atoms with van der Waals surface area (Å²) in [6.45, 7) is 13.9. The molecule has 30 heavy (non-hydrogen) atoms. The zero-order chi connectivity index (χ0) is 23.6. The predicted molar refractivity (Wildman–Crippen MR) is 117 cm³/mol. The molecule has 0 radical (unpaired) electrons. The van der Waals surface area contributed by atoms with Gasteiger partial charge < -0.3 is 18.9 Å². The molecule has 0 aromatic heterocycles. The first-order chi connectivity index (χ1) is 13.6. The zero-order valence-corrected chi connectivity index (χ0v) is 20.8. The SMILES string of the molecule is CCOC(=O)CSC(CC(=O)OC(C)(C)C)(SCC(=O)OCC)C(=O)OC(C)(C)C. The van der Waals surface area contributed by atoms with Crippen molar-refractivity contribution in [3.05, 3.63) is 0 Å². The molecule has 0 aromatic rings. The van der Waals surface area contributed by atoms with Gasteiger partial charge in [0.15, 0.2) is 4.08 Å². The number of thioether (sulfide) groups is 2. The predicted octanol–water partition coefficient (Wildman–Crippen LogP) is 3.35. The van der Waals surface area contributed by atoms with E-state index in [1.807, 2.05) is 0 Å². The molecule has 0 amide bonds. The van der Waals surface area contributed by atoms with Crippen LogP contribution in [0.3, 0.4) is 0 Å². The molecule has 0 N–H and O–H groups in total. The second-order valence-electron chi connectivity index (χ2n) is 8.21. The molecule has 8 nitrogen and oxygen atoms in total. The molecule has 0 aliphatic carbocycles. The summed E-state index contributed by atoms with van der Waals surface area (Å²) in [5.41, 5.74) is -1.61. The Morgan fingerprint density at radius 3 is 1.40 bits per heavy atom. The van der Waals surface area contributed by atoms with Gasteiger partial charge in [0.25, 0.3) is 0 Å². The number of rotatable bonds is 11. The lowest BCUT2D eigenvalue weighted by Gasteiger charge is -2.33. The molecule has 0 unspecified atom stereocenters. The summed E-state index contributed by atoms with van der Waals surface area (Å²) in [4.78, 5) is 49.6. The average molecular weight is 467 g/mol. The van der Waals surface area contributed by atoms with Gasteiger partial charge in [-0.15, -0.1) is 23.5 Å². The molecular weight excluding hydrogens is 432 g/mol. The lowest BCUT2D eigenvalue weighted by molar-refractivity contribution is -0.162. The van der Waals surface area contributed by atoms with Gasteiger partial charge >= 0.3 is 23.9 Å². The van der Waals surface area contributed by atoms with E-state index in [1.54, 1.807) is 55.4 Å². The molecule has 174 valence electrons. The summed E-state index contributed by atoms with van der Waals surface area (Å²) in [5.74, 6) is -2.88. The Hall–Kier alpha value is -1.42. The highest BCUT2D eigenvalue weighted by Crippen LogP contribution is 2.43. The van der Waals surface area contributed by atoms with Gasteiger partial charge in [-0.05, 0) is 55.4 Å². The second kappa shape index (κ2) is 12.4. The quantitative estimate of drug-likeness (QED) is 0.256. The Kier molecular flexibility index (Phi) is 11.8. The molecule has 0 aliphatic heterocycles. The topological polar surface area (TPSA) is 105 Å². The van der Waals surface area contributed by atoms with Gasteiger partial charge in [-0.1, -0.05) is 0 Å². The molecule has 0 rings (SSSR count). The molecule has 0 atom stereocenters. The maximum Gasteiger partial charge on any atom is 0.333 e. The standard InChI is InChI=1S/C20H34O8S2/c1-9-25-15(22)12-29-20(17(24)28-19(6,7)8,30-13-16(23)26-10-2)11-14(21)27-18(3,4)5/h9-13H2,1-8H3. The van der Waals surface area contributed by atoms with Crippen LogP contribution in [-0.4, -0.2) is 63.9 Å². The van der Waals surface area contributed by atoms with Crippen LogP contribution in [0, 0.1) is 0 Å². The first kappa shape index (κ1) is 28.6. The van der Waals surface area contributed by atoms with Crippen LogP contribution in [0.2, 0.25) is 0 Å². The molecule has 0 aromatic carbocycles. The summed E-state index contributed by atoms with van der Waals surface area (Å²) in [6.07, 6.45) is -0.396. The van der Waals surface area contributed by atoms with Gasteiger partial charge in [0, 0.05) is 0 Å². The van der Waals surface area contributed by atoms with Crippen molar-refractivity contribution in [2.75, 3.05) is 24.7 Å². The van der Waals surface area contributed by atoms with Gasteiger partial charge in [-0.2, -0.15) is 0 Å². The Morgan fingerprint density at radius 2 is 1.07 bits per heavy atom. The van der Waals surface area contributed by atoms with E-state index >= 15 is 0 Å². The van der Waals surface area contributed by atoms with Crippen molar-refractivity contribution in [3.8, 4) is 0 Å². The van der Waals surface area contributed by atoms with Crippen molar-refractivity contribution in [1.82, 2.24) is 0 Å². The third-order valence-corrected chi connectivity index (χ3v) is 5.99. The number of hydrogen-bond acceptors (Lipinski definition) is 10. The number of hydrogen-bond donors (Lipinski definition) is 0. The number of ether oxygens (including phenoxy) is 4. The number of carbonyl (C=O) groups is 4. The first-order valence-electron chi connectivity index (χ1n) is 9.68. The minimum Gasteiger partial charge on any atom is -0.465 e. The smallest absolute Gasteiger partial charge is 0.333 e. The highest BCUT2D eigenvalue weighted by Gasteiger charge is 2.47. The van der Waals surface area contributed by atoms with Crippen LogP contribution in [0.15, 0.2) is 0 Å². The molecule has 0 spiro atoms. The molecule has 0 saturated heterocycles. The average Bonchev–Trinajstić information content (AvgIpc) is 2.54. The zero-order valence-electron chi connectivity index (χ0n) is 19.1. The van der Waals surface area contributed by atoms with Crippen LogP contribution >= 0.6 is 23.5 Å². The van der Waals surface area contributed by atoms with Crippen molar-refractivity contribution in [2.45, 2.75) is 77.1 Å². The Bertz CT molecular complexity index is 583. The van der Waals surface area contributed by atoms with Crippen LogP contribution in [-0.2, 0) is 38.1 Å². The molecule has 0 aliphatic rings. The van der Waals surface area contributed by atoms with Crippen LogP contribution in [0.4, 0.5) is 0 Å². The minimum atomic E-state index is -1.59. The fourth-order valence-electron chi connectivity index (χ4n) is 2.01. The number of esters is 4. The van der Waals surface area contributed by atoms with Crippen molar-refractivity contribution in [1.29, 1.82) is 0 Å². The summed E-state index contributed by atoms with van der Waals surface area (Å²) in [7, 11) is 0. The monoisotopic (exact) mass is 466 g/mol. The third-order valence-electron chi connectivity index (χ3n) is 2.96. The molecule has 0 saturated carbocycles. The summed E-state index contributed by atoms with van der Waals surface area (Å²) in [5, 5.41) is 0. The van der Waals surface area contributed by atoms with E-state index in [-0.39, 0.29) is 24.7 Å². The normalized spacial score (nSPS) is 12.1. The second-order valence-corrected chi connectivity index (χ2v) is 11.0. The molecule has 0 heterocycles. The van der Waals surface area contributed by atoms with Crippen molar-refractivity contribution >= 4 is 47.4 Å². The van der Waals surface area contributed by atoms with Crippen LogP contribution in [0.25, 0.3) is 0 Å². The lowest BCUT2D eigenvalue weighted by atomic mass is 10.2. The fraction of sp³-hybridized carbons (Fsp3) is 0.800. The third kappa shape index (κ3) is 12.3. The highest BCUT2D eigenvalue weighted by molar-refractivity contribution is 8.19. The van der Waals surface area contributed by atoms with Crippen LogP contribution in [0.1, 0.15) is 61.8 Å². The van der Waals surface area contributed by atoms with Crippen LogP contribution in [0.5, 0.6) is 0 Å². The fourth-order valence-corrected chi connectivity index (χ4v) is 4.33. The Balaban J connectivity index is 5.88. The summed E-state index contributed by atoms with van der Waals surface area (Å²) < 4.78 is 19.2. The van der Waals surface area contributed by atoms with E-state index in [1.165, 1.54) is 0 Å². The maximum absolute atomic E-state index is 13.1. The molecular formula is C20H34O8S2. The molecule has 0 fully saturated rings. The van der Waals surface area contributed by atoms with E-state index in [0.29, 0.717) is 0 Å². The molecule has 0 bridgehead atoms. The Morgan fingerprint density at radius 1 is 0.667 bits per heavy atom. The van der Waals surface area contributed by atoms with Gasteiger partial charge in [0.1, 0.15) is 11.2 Å². The van der Waals surface area contributed by atoms with E-state index < -0.39 is 45.6 Å². The summed E-state index contributed by atoms with van der Waals surface area (Å²) in [6, 6.07) is 0. The van der Waals surface area contributed by atoms with E-state index in [4.69, 9.17) is 18.9 Å². The van der Waals surface area contributed by atoms with E-state index in [2.05, 4.69) is 0 Å². The summed E-state index contributed by atoms with van der Waals surface area (Å²) >= 11 is 1.77. The Labute approximate surface area is 187 Å².